The lowest BCUT2D eigenvalue weighted by Crippen LogP contribution is -2.47. The van der Waals surface area contributed by atoms with Gasteiger partial charge in [0.15, 0.2) is 0 Å². The molecule has 0 saturated carbocycles. The van der Waals surface area contributed by atoms with E-state index in [2.05, 4.69) is 0 Å². The molecule has 2 aliphatic rings. The molecule has 2 unspecified atom stereocenters. The van der Waals surface area contributed by atoms with Gasteiger partial charge in [-0.05, 0) is 19.3 Å². The Kier molecular flexibility index (Phi) is 4.00. The quantitative estimate of drug-likeness (QED) is 0.830. The van der Waals surface area contributed by atoms with Crippen LogP contribution in [0.5, 0.6) is 0 Å². The highest BCUT2D eigenvalue weighted by molar-refractivity contribution is 7.86. The fraction of sp³-hybridized carbons (Fsp3) is 0.900. The smallest absolute Gasteiger partial charge is 0.393 e. The number of carboxylic acids is 1. The van der Waals surface area contributed by atoms with Crippen LogP contribution in [0.25, 0.3) is 0 Å². The summed E-state index contributed by atoms with van der Waals surface area (Å²) < 4.78 is 64.2. The van der Waals surface area contributed by atoms with Gasteiger partial charge in [0.2, 0.25) is 0 Å². The van der Waals surface area contributed by atoms with Gasteiger partial charge in [0.1, 0.15) is 6.04 Å². The van der Waals surface area contributed by atoms with Gasteiger partial charge >= 0.3 is 12.1 Å². The summed E-state index contributed by atoms with van der Waals surface area (Å²) in [5, 5.41) is 8.98. The van der Waals surface area contributed by atoms with Crippen molar-refractivity contribution < 1.29 is 31.5 Å². The van der Waals surface area contributed by atoms with Crippen LogP contribution in [-0.4, -0.2) is 60.0 Å². The fourth-order valence-corrected chi connectivity index (χ4v) is 4.47. The van der Waals surface area contributed by atoms with E-state index in [1.807, 2.05) is 0 Å². The van der Waals surface area contributed by atoms with Crippen LogP contribution in [0.2, 0.25) is 0 Å². The van der Waals surface area contributed by atoms with E-state index in [0.29, 0.717) is 17.1 Å². The molecule has 2 heterocycles. The number of hydrogen-bond acceptors (Lipinski definition) is 3. The van der Waals surface area contributed by atoms with Gasteiger partial charge in [-0.2, -0.15) is 30.2 Å². The molecule has 2 atom stereocenters. The zero-order chi connectivity index (χ0) is 15.1. The third-order valence-corrected chi connectivity index (χ3v) is 5.71. The van der Waals surface area contributed by atoms with Crippen LogP contribution in [-0.2, 0) is 15.0 Å². The minimum absolute atomic E-state index is 0.224. The van der Waals surface area contributed by atoms with E-state index in [4.69, 9.17) is 5.11 Å². The van der Waals surface area contributed by atoms with Gasteiger partial charge in [0, 0.05) is 19.6 Å². The van der Waals surface area contributed by atoms with E-state index in [1.165, 1.54) is 0 Å². The van der Waals surface area contributed by atoms with Gasteiger partial charge in [-0.1, -0.05) is 0 Å². The van der Waals surface area contributed by atoms with Gasteiger partial charge in [0.05, 0.1) is 5.92 Å². The number of halogens is 3. The monoisotopic (exact) mass is 316 g/mol. The average Bonchev–Trinajstić information content (AvgIpc) is 2.98. The van der Waals surface area contributed by atoms with Crippen LogP contribution in [0.4, 0.5) is 13.2 Å². The standard InChI is InChI=1S/C10H15F3N2O4S/c11-10(12,13)7-5-8(9(16)17)15(6-7)20(18,19)14-3-1-2-4-14/h7-8H,1-6H2,(H,16,17). The van der Waals surface area contributed by atoms with Crippen molar-refractivity contribution in [3.8, 4) is 0 Å². The van der Waals surface area contributed by atoms with Crippen molar-refractivity contribution in [2.45, 2.75) is 31.5 Å². The van der Waals surface area contributed by atoms with Gasteiger partial charge in [-0.15, -0.1) is 0 Å². The summed E-state index contributed by atoms with van der Waals surface area (Å²) in [6.07, 6.45) is -4.06. The van der Waals surface area contributed by atoms with E-state index in [9.17, 15) is 26.4 Å². The predicted molar refractivity (Wildman–Crippen MR) is 62.0 cm³/mol. The van der Waals surface area contributed by atoms with E-state index in [1.54, 1.807) is 0 Å². The van der Waals surface area contributed by atoms with Crippen molar-refractivity contribution in [3.63, 3.8) is 0 Å². The molecule has 1 N–H and O–H groups in total. The van der Waals surface area contributed by atoms with Crippen molar-refractivity contribution in [1.82, 2.24) is 8.61 Å². The molecule has 20 heavy (non-hydrogen) atoms. The molecule has 2 fully saturated rings. The Bertz CT molecular complexity index is 487. The van der Waals surface area contributed by atoms with E-state index in [0.717, 1.165) is 4.31 Å². The van der Waals surface area contributed by atoms with Crippen molar-refractivity contribution in [1.29, 1.82) is 0 Å². The molecule has 116 valence electrons. The molecule has 0 aromatic rings. The van der Waals surface area contributed by atoms with Crippen molar-refractivity contribution >= 4 is 16.2 Å². The Morgan fingerprint density at radius 3 is 2.20 bits per heavy atom. The number of alkyl halides is 3. The van der Waals surface area contributed by atoms with Crippen LogP contribution in [0.3, 0.4) is 0 Å². The normalized spacial score (nSPS) is 29.9. The highest BCUT2D eigenvalue weighted by atomic mass is 32.2. The van der Waals surface area contributed by atoms with E-state index >= 15 is 0 Å². The second-order valence-electron chi connectivity index (χ2n) is 5.01. The van der Waals surface area contributed by atoms with Crippen molar-refractivity contribution in [3.05, 3.63) is 0 Å². The van der Waals surface area contributed by atoms with Crippen molar-refractivity contribution in [2.24, 2.45) is 5.92 Å². The SMILES string of the molecule is O=C(O)C1CC(C(F)(F)F)CN1S(=O)(=O)N1CCCC1. The number of rotatable bonds is 3. The first-order valence-corrected chi connectivity index (χ1v) is 7.60. The molecule has 10 heteroatoms. The Morgan fingerprint density at radius 2 is 1.75 bits per heavy atom. The lowest BCUT2D eigenvalue weighted by Gasteiger charge is -2.26. The fourth-order valence-electron chi connectivity index (χ4n) is 2.59. The summed E-state index contributed by atoms with van der Waals surface area (Å²) in [7, 11) is -4.14. The molecule has 0 aromatic heterocycles. The summed E-state index contributed by atoms with van der Waals surface area (Å²) in [5.74, 6) is -3.47. The maximum absolute atomic E-state index is 12.7. The summed E-state index contributed by atoms with van der Waals surface area (Å²) >= 11 is 0. The zero-order valence-corrected chi connectivity index (χ0v) is 11.3. The Morgan fingerprint density at radius 1 is 1.20 bits per heavy atom. The predicted octanol–water partition coefficient (Wildman–Crippen LogP) is 0.664. The largest absolute Gasteiger partial charge is 0.480 e. The first-order chi connectivity index (χ1) is 9.14. The zero-order valence-electron chi connectivity index (χ0n) is 10.5. The molecule has 0 spiro atoms. The van der Waals surface area contributed by atoms with Crippen LogP contribution in [0.1, 0.15) is 19.3 Å². The third-order valence-electron chi connectivity index (χ3n) is 3.69. The molecule has 0 radical (unpaired) electrons. The molecule has 2 aliphatic heterocycles. The Balaban J connectivity index is 2.26. The first-order valence-electron chi connectivity index (χ1n) is 6.20. The summed E-state index contributed by atoms with van der Waals surface area (Å²) in [5.41, 5.74) is 0. The minimum atomic E-state index is -4.59. The number of carbonyl (C=O) groups is 1. The van der Waals surface area contributed by atoms with Gasteiger partial charge in [-0.3, -0.25) is 4.79 Å². The number of nitrogens with zero attached hydrogens (tertiary/aromatic N) is 2. The molecular formula is C10H15F3N2O4S. The summed E-state index contributed by atoms with van der Waals surface area (Å²) in [6, 6.07) is -1.65. The highest BCUT2D eigenvalue weighted by Gasteiger charge is 2.54. The second-order valence-corrected chi connectivity index (χ2v) is 6.89. The topological polar surface area (TPSA) is 77.9 Å². The van der Waals surface area contributed by atoms with E-state index in [-0.39, 0.29) is 13.1 Å². The van der Waals surface area contributed by atoms with Crippen LogP contribution in [0, 0.1) is 5.92 Å². The molecule has 0 amide bonds. The minimum Gasteiger partial charge on any atom is -0.480 e. The number of hydrogen-bond donors (Lipinski definition) is 1. The first kappa shape index (κ1) is 15.5. The average molecular weight is 316 g/mol. The van der Waals surface area contributed by atoms with E-state index < -0.39 is 47.3 Å². The summed E-state index contributed by atoms with van der Waals surface area (Å²) in [4.78, 5) is 11.1. The van der Waals surface area contributed by atoms with Crippen LogP contribution >= 0.6 is 0 Å². The molecule has 0 aromatic carbocycles. The van der Waals surface area contributed by atoms with Gasteiger partial charge in [-0.25, -0.2) is 0 Å². The van der Waals surface area contributed by atoms with Gasteiger partial charge in [0.25, 0.3) is 10.2 Å². The van der Waals surface area contributed by atoms with Crippen molar-refractivity contribution in [2.75, 3.05) is 19.6 Å². The maximum atomic E-state index is 12.7. The molecule has 6 nitrogen and oxygen atoms in total. The molecule has 2 rings (SSSR count). The lowest BCUT2D eigenvalue weighted by atomic mass is 10.1. The Labute approximate surface area is 114 Å². The summed E-state index contributed by atoms with van der Waals surface area (Å²) in [6.45, 7) is -0.372. The Hall–Kier alpha value is -0.870. The maximum Gasteiger partial charge on any atom is 0.393 e. The molecule has 2 saturated heterocycles. The van der Waals surface area contributed by atoms with Crippen LogP contribution in [0.15, 0.2) is 0 Å². The molecule has 0 aliphatic carbocycles. The second kappa shape index (κ2) is 5.15. The van der Waals surface area contributed by atoms with Gasteiger partial charge < -0.3 is 5.11 Å². The molecule has 0 bridgehead atoms. The lowest BCUT2D eigenvalue weighted by molar-refractivity contribution is -0.170. The highest BCUT2D eigenvalue weighted by Crippen LogP contribution is 2.38. The molecular weight excluding hydrogens is 301 g/mol. The van der Waals surface area contributed by atoms with Crippen LogP contribution < -0.4 is 0 Å². The number of aliphatic carboxylic acids is 1. The number of carboxylic acid groups (broad SMARTS) is 1. The third kappa shape index (κ3) is 2.77.